The Hall–Kier alpha value is -2.56. The zero-order valence-electron chi connectivity index (χ0n) is 12.5. The fourth-order valence-corrected chi connectivity index (χ4v) is 2.06. The Bertz CT molecular complexity index is 653. The number of carbonyl (C=O) groups is 1. The van der Waals surface area contributed by atoms with E-state index in [-0.39, 0.29) is 11.3 Å². The predicted octanol–water partition coefficient (Wildman–Crippen LogP) is 2.55. The number of aliphatic hydroxyl groups excluding tert-OH is 1. The van der Waals surface area contributed by atoms with Crippen LogP contribution >= 0.6 is 0 Å². The van der Waals surface area contributed by atoms with Crippen LogP contribution in [0.3, 0.4) is 0 Å². The van der Waals surface area contributed by atoms with Gasteiger partial charge in [-0.15, -0.1) is 0 Å². The summed E-state index contributed by atoms with van der Waals surface area (Å²) in [5.41, 5.74) is 2.91. The number of ether oxygens (including phenoxy) is 1. The lowest BCUT2D eigenvalue weighted by atomic mass is 10.1. The molecule has 0 radical (unpaired) electrons. The van der Waals surface area contributed by atoms with Crippen LogP contribution in [0.15, 0.2) is 46.3 Å². The molecule has 1 aliphatic rings. The maximum absolute atomic E-state index is 11.6. The number of aliphatic imine (C=N–C) groups is 1. The molecule has 0 saturated carbocycles. The zero-order valence-corrected chi connectivity index (χ0v) is 12.5. The van der Waals surface area contributed by atoms with E-state index in [0.717, 1.165) is 11.3 Å². The number of hydrogen-bond acceptors (Lipinski definition) is 5. The monoisotopic (exact) mass is 286 g/mol. The Kier molecular flexibility index (Phi) is 4.12. The number of esters is 1. The maximum Gasteiger partial charge on any atom is 0.343 e. The van der Waals surface area contributed by atoms with Gasteiger partial charge in [0.05, 0.1) is 12.8 Å². The number of nitrogens with zero attached hydrogens (tertiary/aromatic N) is 2. The van der Waals surface area contributed by atoms with Crippen LogP contribution in [0, 0.1) is 0 Å². The van der Waals surface area contributed by atoms with Crippen LogP contribution in [0.4, 0.5) is 5.69 Å². The highest BCUT2D eigenvalue weighted by Crippen LogP contribution is 2.26. The smallest absolute Gasteiger partial charge is 0.343 e. The van der Waals surface area contributed by atoms with Crippen molar-refractivity contribution >= 4 is 23.4 Å². The van der Waals surface area contributed by atoms with Gasteiger partial charge in [-0.1, -0.05) is 12.1 Å². The van der Waals surface area contributed by atoms with E-state index in [1.807, 2.05) is 43.3 Å². The minimum absolute atomic E-state index is 0.119. The molecule has 0 aromatic heterocycles. The minimum atomic E-state index is -0.583. The molecule has 0 saturated heterocycles. The maximum atomic E-state index is 11.6. The second-order valence-corrected chi connectivity index (χ2v) is 4.93. The lowest BCUT2D eigenvalue weighted by Crippen LogP contribution is -2.11. The SMILES string of the molecule is COC(=O)C1=C(O)C(=Cc2ccc(N(C)C)cc2)N=C1C. The van der Waals surface area contributed by atoms with E-state index in [4.69, 9.17) is 0 Å². The summed E-state index contributed by atoms with van der Waals surface area (Å²) < 4.78 is 4.65. The van der Waals surface area contributed by atoms with Crippen molar-refractivity contribution in [1.82, 2.24) is 0 Å². The number of rotatable bonds is 3. The van der Waals surface area contributed by atoms with Crippen molar-refractivity contribution in [3.05, 3.63) is 46.9 Å². The van der Waals surface area contributed by atoms with Crippen LogP contribution in [0.1, 0.15) is 12.5 Å². The molecule has 2 rings (SSSR count). The fraction of sp³-hybridized carbons (Fsp3) is 0.250. The van der Waals surface area contributed by atoms with Gasteiger partial charge in [0.2, 0.25) is 0 Å². The predicted molar refractivity (Wildman–Crippen MR) is 83.5 cm³/mol. The summed E-state index contributed by atoms with van der Waals surface area (Å²) in [6.45, 7) is 1.67. The van der Waals surface area contributed by atoms with Gasteiger partial charge in [0.1, 0.15) is 11.3 Å². The lowest BCUT2D eigenvalue weighted by molar-refractivity contribution is -0.135. The van der Waals surface area contributed by atoms with E-state index in [1.165, 1.54) is 7.11 Å². The molecule has 0 fully saturated rings. The molecule has 1 N–H and O–H groups in total. The summed E-state index contributed by atoms with van der Waals surface area (Å²) >= 11 is 0. The van der Waals surface area contributed by atoms with Gasteiger partial charge in [-0.2, -0.15) is 0 Å². The van der Waals surface area contributed by atoms with Crippen LogP contribution in [-0.2, 0) is 9.53 Å². The molecule has 0 spiro atoms. The first-order valence-corrected chi connectivity index (χ1v) is 6.50. The average molecular weight is 286 g/mol. The van der Waals surface area contributed by atoms with Crippen molar-refractivity contribution in [1.29, 1.82) is 0 Å². The molecule has 0 amide bonds. The van der Waals surface area contributed by atoms with Gasteiger partial charge in [0.25, 0.3) is 0 Å². The number of methoxy groups -OCH3 is 1. The van der Waals surface area contributed by atoms with E-state index in [1.54, 1.807) is 13.0 Å². The van der Waals surface area contributed by atoms with Crippen LogP contribution in [0.2, 0.25) is 0 Å². The first-order chi connectivity index (χ1) is 9.93. The Labute approximate surface area is 123 Å². The third-order valence-corrected chi connectivity index (χ3v) is 3.23. The van der Waals surface area contributed by atoms with Crippen molar-refractivity contribution in [3.63, 3.8) is 0 Å². The normalized spacial score (nSPS) is 16.2. The van der Waals surface area contributed by atoms with E-state index in [9.17, 15) is 9.90 Å². The summed E-state index contributed by atoms with van der Waals surface area (Å²) in [6.07, 6.45) is 1.73. The zero-order chi connectivity index (χ0) is 15.6. The van der Waals surface area contributed by atoms with E-state index in [2.05, 4.69) is 9.73 Å². The molecular weight excluding hydrogens is 268 g/mol. The second kappa shape index (κ2) is 5.83. The molecule has 1 aliphatic heterocycles. The summed E-state index contributed by atoms with van der Waals surface area (Å²) in [5, 5.41) is 10.1. The van der Waals surface area contributed by atoms with Gasteiger partial charge >= 0.3 is 5.97 Å². The molecular formula is C16H18N2O3. The van der Waals surface area contributed by atoms with Crippen molar-refractivity contribution < 1.29 is 14.6 Å². The molecule has 1 aromatic carbocycles. The Morgan fingerprint density at radius 3 is 2.43 bits per heavy atom. The van der Waals surface area contributed by atoms with Gasteiger partial charge in [-0.25, -0.2) is 9.79 Å². The molecule has 21 heavy (non-hydrogen) atoms. The molecule has 1 heterocycles. The number of carbonyl (C=O) groups excluding carboxylic acids is 1. The number of benzene rings is 1. The van der Waals surface area contributed by atoms with Crippen LogP contribution < -0.4 is 4.90 Å². The highest BCUT2D eigenvalue weighted by atomic mass is 16.5. The van der Waals surface area contributed by atoms with Crippen molar-refractivity contribution in [2.45, 2.75) is 6.92 Å². The average Bonchev–Trinajstić information content (AvgIpc) is 2.73. The number of aliphatic hydroxyl groups is 1. The molecule has 0 bridgehead atoms. The van der Waals surface area contributed by atoms with Crippen molar-refractivity contribution in [2.24, 2.45) is 4.99 Å². The van der Waals surface area contributed by atoms with Crippen molar-refractivity contribution in [3.8, 4) is 0 Å². The summed E-state index contributed by atoms with van der Waals surface area (Å²) in [5.74, 6) is -0.726. The molecule has 5 heteroatoms. The molecule has 1 aromatic rings. The third-order valence-electron chi connectivity index (χ3n) is 3.23. The first-order valence-electron chi connectivity index (χ1n) is 6.50. The van der Waals surface area contributed by atoms with E-state index < -0.39 is 5.97 Å². The summed E-state index contributed by atoms with van der Waals surface area (Å²) in [4.78, 5) is 17.8. The van der Waals surface area contributed by atoms with Gasteiger partial charge in [0.15, 0.2) is 5.76 Å². The van der Waals surface area contributed by atoms with Gasteiger partial charge < -0.3 is 14.7 Å². The van der Waals surface area contributed by atoms with Gasteiger partial charge in [0, 0.05) is 19.8 Å². The number of anilines is 1. The van der Waals surface area contributed by atoms with Gasteiger partial charge in [-0.05, 0) is 30.7 Å². The highest BCUT2D eigenvalue weighted by molar-refractivity contribution is 6.21. The first kappa shape index (κ1) is 14.8. The van der Waals surface area contributed by atoms with Crippen LogP contribution in [0.5, 0.6) is 0 Å². The van der Waals surface area contributed by atoms with Crippen molar-refractivity contribution in [2.75, 3.05) is 26.1 Å². The minimum Gasteiger partial charge on any atom is -0.505 e. The van der Waals surface area contributed by atoms with E-state index in [0.29, 0.717) is 11.4 Å². The van der Waals surface area contributed by atoms with Gasteiger partial charge in [-0.3, -0.25) is 0 Å². The lowest BCUT2D eigenvalue weighted by Gasteiger charge is -2.11. The largest absolute Gasteiger partial charge is 0.505 e. The van der Waals surface area contributed by atoms with Crippen LogP contribution in [-0.4, -0.2) is 38.0 Å². The topological polar surface area (TPSA) is 62.1 Å². The quantitative estimate of drug-likeness (QED) is 0.867. The summed E-state index contributed by atoms with van der Waals surface area (Å²) in [7, 11) is 5.21. The number of hydrogen-bond donors (Lipinski definition) is 1. The second-order valence-electron chi connectivity index (χ2n) is 4.93. The summed E-state index contributed by atoms with van der Waals surface area (Å²) in [6, 6.07) is 7.80. The molecule has 0 atom stereocenters. The van der Waals surface area contributed by atoms with Crippen LogP contribution in [0.25, 0.3) is 6.08 Å². The Morgan fingerprint density at radius 1 is 1.29 bits per heavy atom. The molecule has 110 valence electrons. The Balaban J connectivity index is 2.34. The molecule has 0 unspecified atom stereocenters. The molecule has 5 nitrogen and oxygen atoms in total. The van der Waals surface area contributed by atoms with E-state index >= 15 is 0 Å². The standard InChI is InChI=1S/C16H18N2O3/c1-10-14(16(20)21-4)15(19)13(17-10)9-11-5-7-12(8-6-11)18(2)3/h5-9,19H,1-4H3. The highest BCUT2D eigenvalue weighted by Gasteiger charge is 2.27. The molecule has 0 aliphatic carbocycles. The fourth-order valence-electron chi connectivity index (χ4n) is 2.06. The Morgan fingerprint density at radius 2 is 1.90 bits per heavy atom. The third kappa shape index (κ3) is 2.97.